The molecule has 2 atom stereocenters. The molecule has 9 heteroatoms. The molecule has 0 aromatic heterocycles. The Morgan fingerprint density at radius 3 is 2.42 bits per heavy atom. The molecular formula is C27H31FN4O4. The van der Waals surface area contributed by atoms with Crippen LogP contribution in [0.1, 0.15) is 35.8 Å². The molecule has 2 aliphatic heterocycles. The van der Waals surface area contributed by atoms with E-state index < -0.39 is 12.0 Å². The van der Waals surface area contributed by atoms with Crippen molar-refractivity contribution in [2.24, 2.45) is 0 Å². The van der Waals surface area contributed by atoms with Crippen LogP contribution in [0.3, 0.4) is 0 Å². The Morgan fingerprint density at radius 1 is 1.08 bits per heavy atom. The third-order valence-electron chi connectivity index (χ3n) is 6.64. The van der Waals surface area contributed by atoms with E-state index in [9.17, 15) is 18.8 Å². The monoisotopic (exact) mass is 494 g/mol. The molecule has 2 heterocycles. The first-order valence-electron chi connectivity index (χ1n) is 12.1. The standard InChI is InChI=1S/C27H31FN4O4/c1-4-36-26(34)23-22(30(3)27(35)29-24(23)19-8-6-5-7-9-19)17-31-14-15-32(18(2)16-31)25(33)20-10-12-21(28)13-11-20/h5-13,18,24H,4,14-17H2,1-3H3,(H,29,35). The van der Waals surface area contributed by atoms with E-state index in [0.717, 1.165) is 5.56 Å². The van der Waals surface area contributed by atoms with Gasteiger partial charge in [0.05, 0.1) is 18.2 Å². The largest absolute Gasteiger partial charge is 0.463 e. The van der Waals surface area contributed by atoms with Gasteiger partial charge in [-0.05, 0) is 43.7 Å². The van der Waals surface area contributed by atoms with Crippen LogP contribution in [0.15, 0.2) is 65.9 Å². The molecule has 4 rings (SSSR count). The van der Waals surface area contributed by atoms with Crippen LogP contribution < -0.4 is 5.32 Å². The lowest BCUT2D eigenvalue weighted by atomic mass is 9.94. The van der Waals surface area contributed by atoms with Gasteiger partial charge in [-0.2, -0.15) is 0 Å². The normalized spacial score (nSPS) is 20.8. The Hall–Kier alpha value is -3.72. The second kappa shape index (κ2) is 10.9. The van der Waals surface area contributed by atoms with Crippen LogP contribution in [0.2, 0.25) is 0 Å². The highest BCUT2D eigenvalue weighted by Crippen LogP contribution is 2.31. The average Bonchev–Trinajstić information content (AvgIpc) is 2.87. The van der Waals surface area contributed by atoms with Gasteiger partial charge >= 0.3 is 12.0 Å². The SMILES string of the molecule is CCOC(=O)C1=C(CN2CCN(C(=O)c3ccc(F)cc3)C(C)C2)N(C)C(=O)NC1c1ccccc1. The first-order chi connectivity index (χ1) is 17.3. The predicted octanol–water partition coefficient (Wildman–Crippen LogP) is 3.19. The van der Waals surface area contributed by atoms with Crippen LogP contribution in [0, 0.1) is 5.82 Å². The Bertz CT molecular complexity index is 1150. The summed E-state index contributed by atoms with van der Waals surface area (Å²) in [5.74, 6) is -0.997. The molecule has 0 spiro atoms. The lowest BCUT2D eigenvalue weighted by Gasteiger charge is -2.42. The van der Waals surface area contributed by atoms with E-state index in [4.69, 9.17) is 4.74 Å². The quantitative estimate of drug-likeness (QED) is 0.624. The summed E-state index contributed by atoms with van der Waals surface area (Å²) in [4.78, 5) is 44.3. The smallest absolute Gasteiger partial charge is 0.338 e. The molecule has 1 saturated heterocycles. The van der Waals surface area contributed by atoms with Crippen molar-refractivity contribution in [2.45, 2.75) is 25.9 Å². The van der Waals surface area contributed by atoms with E-state index in [1.54, 1.807) is 18.9 Å². The Labute approximate surface area is 210 Å². The molecule has 0 saturated carbocycles. The van der Waals surface area contributed by atoms with E-state index in [2.05, 4.69) is 10.2 Å². The summed E-state index contributed by atoms with van der Waals surface area (Å²) in [7, 11) is 1.64. The predicted molar refractivity (Wildman–Crippen MR) is 132 cm³/mol. The highest BCUT2D eigenvalue weighted by atomic mass is 19.1. The highest BCUT2D eigenvalue weighted by molar-refractivity contribution is 5.95. The van der Waals surface area contributed by atoms with Gasteiger partial charge in [-0.1, -0.05) is 30.3 Å². The molecule has 0 bridgehead atoms. The number of amides is 3. The van der Waals surface area contributed by atoms with Gasteiger partial charge in [0.1, 0.15) is 5.82 Å². The van der Waals surface area contributed by atoms with Crippen molar-refractivity contribution in [1.29, 1.82) is 0 Å². The number of rotatable bonds is 6. The van der Waals surface area contributed by atoms with Crippen molar-refractivity contribution in [3.8, 4) is 0 Å². The molecule has 2 aromatic carbocycles. The minimum atomic E-state index is -0.622. The number of hydrogen-bond donors (Lipinski definition) is 1. The van der Waals surface area contributed by atoms with Gasteiger partial charge in [0.25, 0.3) is 5.91 Å². The lowest BCUT2D eigenvalue weighted by molar-refractivity contribution is -0.139. The number of likely N-dealkylation sites (N-methyl/N-ethyl adjacent to an activating group) is 1. The van der Waals surface area contributed by atoms with Gasteiger partial charge in [-0.3, -0.25) is 14.6 Å². The summed E-state index contributed by atoms with van der Waals surface area (Å²) >= 11 is 0. The maximum absolute atomic E-state index is 13.3. The van der Waals surface area contributed by atoms with Gasteiger partial charge < -0.3 is 15.0 Å². The molecule has 8 nitrogen and oxygen atoms in total. The third kappa shape index (κ3) is 5.26. The van der Waals surface area contributed by atoms with Crippen LogP contribution >= 0.6 is 0 Å². The average molecular weight is 495 g/mol. The van der Waals surface area contributed by atoms with E-state index >= 15 is 0 Å². The van der Waals surface area contributed by atoms with E-state index in [1.807, 2.05) is 37.3 Å². The lowest BCUT2D eigenvalue weighted by Crippen LogP contribution is -2.56. The second-order valence-corrected chi connectivity index (χ2v) is 9.02. The molecule has 2 unspecified atom stereocenters. The van der Waals surface area contributed by atoms with Gasteiger partial charge in [0.2, 0.25) is 0 Å². The van der Waals surface area contributed by atoms with Crippen molar-refractivity contribution in [1.82, 2.24) is 20.0 Å². The molecule has 0 radical (unpaired) electrons. The maximum Gasteiger partial charge on any atom is 0.338 e. The van der Waals surface area contributed by atoms with Gasteiger partial charge in [0, 0.05) is 50.5 Å². The van der Waals surface area contributed by atoms with Gasteiger partial charge in [-0.15, -0.1) is 0 Å². The first kappa shape index (κ1) is 25.4. The highest BCUT2D eigenvalue weighted by Gasteiger charge is 2.38. The summed E-state index contributed by atoms with van der Waals surface area (Å²) in [6.07, 6.45) is 0. The Kier molecular flexibility index (Phi) is 7.69. The molecular weight excluding hydrogens is 463 g/mol. The number of carbonyl (C=O) groups excluding carboxylic acids is 3. The summed E-state index contributed by atoms with van der Waals surface area (Å²) in [5, 5.41) is 2.92. The fourth-order valence-electron chi connectivity index (χ4n) is 4.74. The summed E-state index contributed by atoms with van der Waals surface area (Å²) in [6, 6.07) is 13.9. The Balaban J connectivity index is 1.58. The van der Waals surface area contributed by atoms with Gasteiger partial charge in [0.15, 0.2) is 0 Å². The Morgan fingerprint density at radius 2 is 1.78 bits per heavy atom. The number of ether oxygens (including phenoxy) is 1. The molecule has 0 aliphatic carbocycles. The molecule has 2 aliphatic rings. The molecule has 190 valence electrons. The van der Waals surface area contributed by atoms with Crippen LogP contribution in [-0.2, 0) is 9.53 Å². The first-order valence-corrected chi connectivity index (χ1v) is 12.1. The molecule has 2 aromatic rings. The number of urea groups is 1. The molecule has 1 fully saturated rings. The van der Waals surface area contributed by atoms with Crippen molar-refractivity contribution >= 4 is 17.9 Å². The minimum absolute atomic E-state index is 0.115. The van der Waals surface area contributed by atoms with E-state index in [-0.39, 0.29) is 30.4 Å². The number of esters is 1. The number of benzene rings is 2. The summed E-state index contributed by atoms with van der Waals surface area (Å²) < 4.78 is 18.7. The van der Waals surface area contributed by atoms with E-state index in [0.29, 0.717) is 43.0 Å². The third-order valence-corrected chi connectivity index (χ3v) is 6.64. The minimum Gasteiger partial charge on any atom is -0.463 e. The van der Waals surface area contributed by atoms with E-state index in [1.165, 1.54) is 29.2 Å². The fraction of sp³-hybridized carbons (Fsp3) is 0.370. The number of piperazine rings is 1. The number of nitrogens with zero attached hydrogens (tertiary/aromatic N) is 3. The zero-order valence-electron chi connectivity index (χ0n) is 20.7. The van der Waals surface area contributed by atoms with Gasteiger partial charge in [-0.25, -0.2) is 14.0 Å². The number of hydrogen-bond acceptors (Lipinski definition) is 5. The number of carbonyl (C=O) groups is 3. The van der Waals surface area contributed by atoms with Crippen LogP contribution in [0.4, 0.5) is 9.18 Å². The summed E-state index contributed by atoms with van der Waals surface area (Å²) in [6.45, 7) is 5.86. The van der Waals surface area contributed by atoms with Crippen molar-refractivity contribution in [2.75, 3.05) is 39.8 Å². The molecule has 36 heavy (non-hydrogen) atoms. The number of halogens is 1. The van der Waals surface area contributed by atoms with Crippen molar-refractivity contribution < 1.29 is 23.5 Å². The van der Waals surface area contributed by atoms with Crippen LogP contribution in [-0.4, -0.2) is 78.5 Å². The summed E-state index contributed by atoms with van der Waals surface area (Å²) in [5.41, 5.74) is 2.22. The topological polar surface area (TPSA) is 82.2 Å². The number of nitrogens with one attached hydrogen (secondary N) is 1. The molecule has 1 N–H and O–H groups in total. The molecule has 3 amide bonds. The van der Waals surface area contributed by atoms with Crippen LogP contribution in [0.25, 0.3) is 0 Å². The second-order valence-electron chi connectivity index (χ2n) is 9.02. The fourth-order valence-corrected chi connectivity index (χ4v) is 4.74. The zero-order chi connectivity index (χ0) is 25.8. The van der Waals surface area contributed by atoms with Crippen LogP contribution in [0.5, 0.6) is 0 Å². The zero-order valence-corrected chi connectivity index (χ0v) is 20.7. The van der Waals surface area contributed by atoms with Crippen molar-refractivity contribution in [3.05, 3.63) is 82.8 Å². The maximum atomic E-state index is 13.3. The van der Waals surface area contributed by atoms with Crippen molar-refractivity contribution in [3.63, 3.8) is 0 Å².